The van der Waals surface area contributed by atoms with Crippen LogP contribution in [0, 0.1) is 11.3 Å². The average Bonchev–Trinajstić information content (AvgIpc) is 2.14. The SMILES string of the molecule is N#CC1=CCCO1. The molecule has 0 spiro atoms. The van der Waals surface area contributed by atoms with Crippen LogP contribution in [0.4, 0.5) is 0 Å². The minimum absolute atomic E-state index is 0.472. The number of allylic oxidation sites excluding steroid dienone is 1. The maximum atomic E-state index is 8.12. The first kappa shape index (κ1) is 4.20. The minimum Gasteiger partial charge on any atom is -0.484 e. The zero-order chi connectivity index (χ0) is 5.11. The van der Waals surface area contributed by atoms with Crippen LogP contribution in [0.5, 0.6) is 0 Å². The molecule has 0 atom stereocenters. The lowest BCUT2D eigenvalue weighted by molar-refractivity contribution is 0.259. The van der Waals surface area contributed by atoms with Crippen molar-refractivity contribution in [2.45, 2.75) is 6.42 Å². The first-order valence-electron chi connectivity index (χ1n) is 2.16. The highest BCUT2D eigenvalue weighted by Gasteiger charge is 2.00. The Kier molecular flexibility index (Phi) is 0.991. The van der Waals surface area contributed by atoms with Crippen LogP contribution in [0.3, 0.4) is 0 Å². The van der Waals surface area contributed by atoms with Crippen LogP contribution in [0.2, 0.25) is 0 Å². The van der Waals surface area contributed by atoms with E-state index in [0.29, 0.717) is 12.4 Å². The van der Waals surface area contributed by atoms with Crippen molar-refractivity contribution in [3.63, 3.8) is 0 Å². The van der Waals surface area contributed by atoms with Gasteiger partial charge in [0.2, 0.25) is 0 Å². The molecule has 0 bridgehead atoms. The van der Waals surface area contributed by atoms with E-state index in [2.05, 4.69) is 0 Å². The molecule has 0 N–H and O–H groups in total. The lowest BCUT2D eigenvalue weighted by Gasteiger charge is -1.86. The molecule has 7 heavy (non-hydrogen) atoms. The van der Waals surface area contributed by atoms with E-state index in [1.165, 1.54) is 0 Å². The Bertz CT molecular complexity index is 132. The first-order valence-corrected chi connectivity index (χ1v) is 2.16. The van der Waals surface area contributed by atoms with E-state index in [1.807, 2.05) is 6.07 Å². The molecule has 0 radical (unpaired) electrons. The minimum atomic E-state index is 0.472. The molecule has 0 saturated heterocycles. The Hall–Kier alpha value is -0.970. The highest BCUT2D eigenvalue weighted by molar-refractivity contribution is 5.15. The standard InChI is InChI=1S/C5H5NO/c6-4-5-2-1-3-7-5/h2H,1,3H2. The monoisotopic (exact) mass is 95.0 g/mol. The molecule has 1 heterocycles. The fourth-order valence-electron chi connectivity index (χ4n) is 0.496. The number of rotatable bonds is 0. The quantitative estimate of drug-likeness (QED) is 0.446. The zero-order valence-corrected chi connectivity index (χ0v) is 3.85. The molecule has 1 aliphatic rings. The first-order chi connectivity index (χ1) is 3.43. The summed E-state index contributed by atoms with van der Waals surface area (Å²) in [6.07, 6.45) is 2.68. The van der Waals surface area contributed by atoms with Gasteiger partial charge in [-0.15, -0.1) is 0 Å². The van der Waals surface area contributed by atoms with Gasteiger partial charge in [-0.2, -0.15) is 5.26 Å². The molecule has 0 aromatic rings. The molecular weight excluding hydrogens is 90.1 g/mol. The molecule has 2 heteroatoms. The third-order valence-corrected chi connectivity index (χ3v) is 0.815. The van der Waals surface area contributed by atoms with Crippen LogP contribution < -0.4 is 0 Å². The summed E-state index contributed by atoms with van der Waals surface area (Å²) in [4.78, 5) is 0. The van der Waals surface area contributed by atoms with Gasteiger partial charge in [-0.1, -0.05) is 0 Å². The molecule has 0 fully saturated rings. The normalized spacial score (nSPS) is 17.3. The lowest BCUT2D eigenvalue weighted by Crippen LogP contribution is -1.78. The van der Waals surface area contributed by atoms with Crippen molar-refractivity contribution < 1.29 is 4.74 Å². The van der Waals surface area contributed by atoms with Crippen LogP contribution >= 0.6 is 0 Å². The highest BCUT2D eigenvalue weighted by Crippen LogP contribution is 2.05. The molecule has 0 amide bonds. The van der Waals surface area contributed by atoms with Gasteiger partial charge >= 0.3 is 0 Å². The predicted molar refractivity (Wildman–Crippen MR) is 24.3 cm³/mol. The summed E-state index contributed by atoms with van der Waals surface area (Å²) in [6, 6.07) is 1.90. The second-order valence-electron chi connectivity index (χ2n) is 1.32. The summed E-state index contributed by atoms with van der Waals surface area (Å²) in [5.41, 5.74) is 0. The number of hydrogen-bond acceptors (Lipinski definition) is 2. The fraction of sp³-hybridized carbons (Fsp3) is 0.400. The molecule has 0 saturated carbocycles. The summed E-state index contributed by atoms with van der Waals surface area (Å²) >= 11 is 0. The average molecular weight is 95.1 g/mol. The summed E-state index contributed by atoms with van der Waals surface area (Å²) in [6.45, 7) is 0.683. The van der Waals surface area contributed by atoms with Gasteiger partial charge < -0.3 is 4.74 Å². The molecule has 36 valence electrons. The van der Waals surface area contributed by atoms with Crippen molar-refractivity contribution in [1.29, 1.82) is 5.26 Å². The van der Waals surface area contributed by atoms with Gasteiger partial charge in [0.15, 0.2) is 5.76 Å². The maximum absolute atomic E-state index is 8.12. The van der Waals surface area contributed by atoms with Crippen LogP contribution in [0.15, 0.2) is 11.8 Å². The molecule has 1 aliphatic heterocycles. The topological polar surface area (TPSA) is 33.0 Å². The molecule has 0 aromatic carbocycles. The summed E-state index contributed by atoms with van der Waals surface area (Å²) < 4.78 is 4.80. The lowest BCUT2D eigenvalue weighted by atomic mass is 10.4. The van der Waals surface area contributed by atoms with Crippen LogP contribution in [0.25, 0.3) is 0 Å². The Morgan fingerprint density at radius 1 is 1.86 bits per heavy atom. The Balaban J connectivity index is 2.57. The second kappa shape index (κ2) is 1.65. The third kappa shape index (κ3) is 0.716. The van der Waals surface area contributed by atoms with Crippen molar-refractivity contribution in [3.05, 3.63) is 11.8 Å². The largest absolute Gasteiger partial charge is 0.484 e. The van der Waals surface area contributed by atoms with Gasteiger partial charge in [-0.05, 0) is 6.08 Å². The van der Waals surface area contributed by atoms with Gasteiger partial charge in [0.05, 0.1) is 6.61 Å². The summed E-state index contributed by atoms with van der Waals surface area (Å²) in [5, 5.41) is 8.12. The Morgan fingerprint density at radius 2 is 2.71 bits per heavy atom. The second-order valence-corrected chi connectivity index (χ2v) is 1.32. The molecular formula is C5H5NO. The van der Waals surface area contributed by atoms with Crippen molar-refractivity contribution in [2.75, 3.05) is 6.61 Å². The van der Waals surface area contributed by atoms with Crippen LogP contribution in [-0.2, 0) is 4.74 Å². The number of hydrogen-bond donors (Lipinski definition) is 0. The van der Waals surface area contributed by atoms with Gasteiger partial charge in [-0.3, -0.25) is 0 Å². The molecule has 0 aliphatic carbocycles. The Labute approximate surface area is 42.0 Å². The molecule has 2 nitrogen and oxygen atoms in total. The number of ether oxygens (including phenoxy) is 1. The van der Waals surface area contributed by atoms with Crippen molar-refractivity contribution >= 4 is 0 Å². The van der Waals surface area contributed by atoms with E-state index >= 15 is 0 Å². The van der Waals surface area contributed by atoms with Crippen molar-refractivity contribution in [3.8, 4) is 6.07 Å². The van der Waals surface area contributed by atoms with Gasteiger partial charge in [-0.25, -0.2) is 0 Å². The van der Waals surface area contributed by atoms with E-state index in [1.54, 1.807) is 6.08 Å². The van der Waals surface area contributed by atoms with Crippen molar-refractivity contribution in [1.82, 2.24) is 0 Å². The van der Waals surface area contributed by atoms with Crippen LogP contribution in [-0.4, -0.2) is 6.61 Å². The molecule has 0 aromatic heterocycles. The van der Waals surface area contributed by atoms with Gasteiger partial charge in [0.25, 0.3) is 0 Å². The molecule has 1 rings (SSSR count). The highest BCUT2D eigenvalue weighted by atomic mass is 16.5. The van der Waals surface area contributed by atoms with Gasteiger partial charge in [0.1, 0.15) is 6.07 Å². The van der Waals surface area contributed by atoms with Crippen molar-refractivity contribution in [2.24, 2.45) is 0 Å². The van der Waals surface area contributed by atoms with Gasteiger partial charge in [0, 0.05) is 6.42 Å². The Morgan fingerprint density at radius 3 is 3.00 bits per heavy atom. The predicted octanol–water partition coefficient (Wildman–Crippen LogP) is 0.814. The van der Waals surface area contributed by atoms with Crippen LogP contribution in [0.1, 0.15) is 6.42 Å². The van der Waals surface area contributed by atoms with E-state index < -0.39 is 0 Å². The van der Waals surface area contributed by atoms with E-state index in [-0.39, 0.29) is 0 Å². The number of nitriles is 1. The van der Waals surface area contributed by atoms with E-state index in [9.17, 15) is 0 Å². The fourth-order valence-corrected chi connectivity index (χ4v) is 0.496. The maximum Gasteiger partial charge on any atom is 0.193 e. The summed E-state index contributed by atoms with van der Waals surface area (Å²) in [7, 11) is 0. The zero-order valence-electron chi connectivity index (χ0n) is 3.85. The van der Waals surface area contributed by atoms with E-state index in [0.717, 1.165) is 6.42 Å². The third-order valence-electron chi connectivity index (χ3n) is 0.815. The smallest absolute Gasteiger partial charge is 0.193 e. The number of nitrogens with zero attached hydrogens (tertiary/aromatic N) is 1. The van der Waals surface area contributed by atoms with E-state index in [4.69, 9.17) is 10.00 Å². The molecule has 0 unspecified atom stereocenters. The summed E-state index contributed by atoms with van der Waals surface area (Å²) in [5.74, 6) is 0.472.